The molecule has 0 amide bonds. The van der Waals surface area contributed by atoms with Crippen molar-refractivity contribution in [3.05, 3.63) is 64.6 Å². The predicted octanol–water partition coefficient (Wildman–Crippen LogP) is 1.72. The first-order valence-electron chi connectivity index (χ1n) is 4.78. The highest BCUT2D eigenvalue weighted by atomic mass is 35.5. The maximum atomic E-state index is 11.5. The van der Waals surface area contributed by atoms with Gasteiger partial charge in [-0.1, -0.05) is 18.2 Å². The molecule has 1 heterocycles. The van der Waals surface area contributed by atoms with Gasteiger partial charge in [-0.3, -0.25) is 9.36 Å². The summed E-state index contributed by atoms with van der Waals surface area (Å²) in [7, 11) is 0. The third-order valence-electron chi connectivity index (χ3n) is 2.27. The normalized spacial score (nSPS) is 9.56. The van der Waals surface area contributed by atoms with Crippen molar-refractivity contribution in [2.75, 3.05) is 0 Å². The molecule has 0 unspecified atom stereocenters. The first-order valence-corrected chi connectivity index (χ1v) is 4.78. The lowest BCUT2D eigenvalue weighted by Gasteiger charge is -2.05. The molecule has 0 saturated carbocycles. The zero-order chi connectivity index (χ0) is 10.7. The van der Waals surface area contributed by atoms with E-state index in [0.29, 0.717) is 6.54 Å². The van der Waals surface area contributed by atoms with Crippen molar-refractivity contribution in [2.24, 2.45) is 5.73 Å². The van der Waals surface area contributed by atoms with E-state index in [2.05, 4.69) is 0 Å². The zero-order valence-electron chi connectivity index (χ0n) is 8.67. The summed E-state index contributed by atoms with van der Waals surface area (Å²) in [6, 6.07) is 12.7. The highest BCUT2D eigenvalue weighted by molar-refractivity contribution is 5.85. The molecule has 0 fully saturated rings. The Morgan fingerprint density at radius 2 is 1.75 bits per heavy atom. The molecule has 0 aliphatic rings. The van der Waals surface area contributed by atoms with Crippen LogP contribution in [0.2, 0.25) is 0 Å². The average molecular weight is 237 g/mol. The van der Waals surface area contributed by atoms with Gasteiger partial charge in [0.25, 0.3) is 5.56 Å². The summed E-state index contributed by atoms with van der Waals surface area (Å²) in [5.74, 6) is 0. The molecule has 0 radical (unpaired) electrons. The van der Waals surface area contributed by atoms with Crippen molar-refractivity contribution in [3.63, 3.8) is 0 Å². The lowest BCUT2D eigenvalue weighted by atomic mass is 10.2. The maximum absolute atomic E-state index is 11.5. The van der Waals surface area contributed by atoms with E-state index in [4.69, 9.17) is 5.73 Å². The fraction of sp³-hybridized carbons (Fsp3) is 0.0833. The van der Waals surface area contributed by atoms with E-state index < -0.39 is 0 Å². The Bertz CT molecular complexity index is 505. The lowest BCUT2D eigenvalue weighted by Crippen LogP contribution is -2.15. The molecular formula is C12H13ClN2O. The van der Waals surface area contributed by atoms with Gasteiger partial charge < -0.3 is 5.73 Å². The molecule has 0 aliphatic carbocycles. The number of halogens is 1. The summed E-state index contributed by atoms with van der Waals surface area (Å²) in [6.07, 6.45) is 1.75. The number of nitrogens with zero attached hydrogens (tertiary/aromatic N) is 1. The number of rotatable bonds is 2. The summed E-state index contributed by atoms with van der Waals surface area (Å²) in [5.41, 5.74) is 7.39. The van der Waals surface area contributed by atoms with Gasteiger partial charge in [0.15, 0.2) is 0 Å². The Kier molecular flexibility index (Phi) is 4.28. The topological polar surface area (TPSA) is 48.0 Å². The van der Waals surface area contributed by atoms with Gasteiger partial charge in [0, 0.05) is 24.5 Å². The SMILES string of the molecule is Cl.NCc1ccc(-n2ccccc2=O)cc1. The number of pyridine rings is 1. The van der Waals surface area contributed by atoms with Gasteiger partial charge in [0.1, 0.15) is 0 Å². The van der Waals surface area contributed by atoms with Gasteiger partial charge in [0.2, 0.25) is 0 Å². The molecule has 3 nitrogen and oxygen atoms in total. The average Bonchev–Trinajstić information content (AvgIpc) is 2.30. The van der Waals surface area contributed by atoms with Crippen LogP contribution in [-0.2, 0) is 6.54 Å². The van der Waals surface area contributed by atoms with Crippen molar-refractivity contribution in [2.45, 2.75) is 6.54 Å². The minimum atomic E-state index is -0.0296. The largest absolute Gasteiger partial charge is 0.326 e. The first-order chi connectivity index (χ1) is 7.31. The van der Waals surface area contributed by atoms with E-state index in [1.807, 2.05) is 30.3 Å². The smallest absolute Gasteiger partial charge is 0.255 e. The molecule has 84 valence electrons. The Hall–Kier alpha value is -1.58. The van der Waals surface area contributed by atoms with Crippen molar-refractivity contribution in [1.29, 1.82) is 0 Å². The Morgan fingerprint density at radius 3 is 2.31 bits per heavy atom. The zero-order valence-corrected chi connectivity index (χ0v) is 9.48. The second-order valence-corrected chi connectivity index (χ2v) is 3.28. The van der Waals surface area contributed by atoms with E-state index in [-0.39, 0.29) is 18.0 Å². The Labute approximate surface area is 99.9 Å². The number of nitrogens with two attached hydrogens (primary N) is 1. The lowest BCUT2D eigenvalue weighted by molar-refractivity contribution is 0.983. The van der Waals surface area contributed by atoms with Crippen LogP contribution in [0.5, 0.6) is 0 Å². The van der Waals surface area contributed by atoms with Crippen LogP contribution in [0.3, 0.4) is 0 Å². The molecule has 4 heteroatoms. The highest BCUT2D eigenvalue weighted by Gasteiger charge is 1.97. The summed E-state index contributed by atoms with van der Waals surface area (Å²) >= 11 is 0. The van der Waals surface area contributed by atoms with Crippen LogP contribution in [0.25, 0.3) is 5.69 Å². The second kappa shape index (κ2) is 5.49. The maximum Gasteiger partial charge on any atom is 0.255 e. The summed E-state index contributed by atoms with van der Waals surface area (Å²) < 4.78 is 1.60. The minimum absolute atomic E-state index is 0. The van der Waals surface area contributed by atoms with Crippen LogP contribution in [0.4, 0.5) is 0 Å². The van der Waals surface area contributed by atoms with E-state index in [9.17, 15) is 4.79 Å². The molecule has 0 saturated heterocycles. The number of hydrogen-bond acceptors (Lipinski definition) is 2. The molecule has 0 atom stereocenters. The quantitative estimate of drug-likeness (QED) is 0.863. The molecule has 0 aliphatic heterocycles. The Balaban J connectivity index is 0.00000128. The molecule has 0 bridgehead atoms. The van der Waals surface area contributed by atoms with E-state index in [1.165, 1.54) is 6.07 Å². The molecule has 2 aromatic rings. The first kappa shape index (κ1) is 12.5. The van der Waals surface area contributed by atoms with Crippen molar-refractivity contribution >= 4 is 12.4 Å². The summed E-state index contributed by atoms with van der Waals surface area (Å²) in [6.45, 7) is 0.518. The van der Waals surface area contributed by atoms with Crippen LogP contribution < -0.4 is 11.3 Å². The van der Waals surface area contributed by atoms with Gasteiger partial charge in [-0.2, -0.15) is 0 Å². The third kappa shape index (κ3) is 2.51. The molecule has 0 spiro atoms. The van der Waals surface area contributed by atoms with Gasteiger partial charge in [-0.25, -0.2) is 0 Å². The van der Waals surface area contributed by atoms with Crippen LogP contribution in [0.1, 0.15) is 5.56 Å². The third-order valence-corrected chi connectivity index (χ3v) is 2.27. The van der Waals surface area contributed by atoms with E-state index >= 15 is 0 Å². The van der Waals surface area contributed by atoms with Crippen molar-refractivity contribution in [3.8, 4) is 5.69 Å². The van der Waals surface area contributed by atoms with Crippen LogP contribution in [-0.4, -0.2) is 4.57 Å². The molecule has 1 aromatic heterocycles. The molecule has 2 N–H and O–H groups in total. The van der Waals surface area contributed by atoms with Crippen LogP contribution >= 0.6 is 12.4 Å². The molecule has 2 rings (SSSR count). The summed E-state index contributed by atoms with van der Waals surface area (Å²) in [4.78, 5) is 11.5. The molecule has 1 aromatic carbocycles. The van der Waals surface area contributed by atoms with Gasteiger partial charge in [0.05, 0.1) is 0 Å². The van der Waals surface area contributed by atoms with E-state index in [1.54, 1.807) is 16.8 Å². The monoisotopic (exact) mass is 236 g/mol. The number of aromatic nitrogens is 1. The minimum Gasteiger partial charge on any atom is -0.326 e. The molecule has 16 heavy (non-hydrogen) atoms. The standard InChI is InChI=1S/C12H12N2O.ClH/c13-9-10-4-6-11(7-5-10)14-8-2-1-3-12(14)15;/h1-8H,9,13H2;1H. The summed E-state index contributed by atoms with van der Waals surface area (Å²) in [5, 5.41) is 0. The van der Waals surface area contributed by atoms with Gasteiger partial charge >= 0.3 is 0 Å². The predicted molar refractivity (Wildman–Crippen MR) is 67.2 cm³/mol. The van der Waals surface area contributed by atoms with Crippen molar-refractivity contribution < 1.29 is 0 Å². The van der Waals surface area contributed by atoms with Crippen LogP contribution in [0, 0.1) is 0 Å². The second-order valence-electron chi connectivity index (χ2n) is 3.28. The molecular weight excluding hydrogens is 224 g/mol. The highest BCUT2D eigenvalue weighted by Crippen LogP contribution is 2.06. The number of benzene rings is 1. The van der Waals surface area contributed by atoms with E-state index in [0.717, 1.165) is 11.3 Å². The van der Waals surface area contributed by atoms with Crippen molar-refractivity contribution in [1.82, 2.24) is 4.57 Å². The fourth-order valence-corrected chi connectivity index (χ4v) is 1.43. The number of hydrogen-bond donors (Lipinski definition) is 1. The fourth-order valence-electron chi connectivity index (χ4n) is 1.43. The van der Waals surface area contributed by atoms with Gasteiger partial charge in [-0.15, -0.1) is 12.4 Å². The van der Waals surface area contributed by atoms with Gasteiger partial charge in [-0.05, 0) is 23.8 Å². The Morgan fingerprint density at radius 1 is 1.06 bits per heavy atom. The van der Waals surface area contributed by atoms with Crippen LogP contribution in [0.15, 0.2) is 53.5 Å².